The molecule has 0 bridgehead atoms. The molecule has 0 unspecified atom stereocenters. The number of carbonyl (C=O) groups excluding carboxylic acids is 2. The van der Waals surface area contributed by atoms with Gasteiger partial charge in [0.05, 0.1) is 11.4 Å². The number of carbonyl (C=O) groups is 2. The van der Waals surface area contributed by atoms with Gasteiger partial charge in [0.1, 0.15) is 5.82 Å². The minimum Gasteiger partial charge on any atom is -0.322 e. The van der Waals surface area contributed by atoms with Crippen molar-refractivity contribution in [1.29, 1.82) is 0 Å². The third-order valence-electron chi connectivity index (χ3n) is 4.89. The first kappa shape index (κ1) is 21.3. The van der Waals surface area contributed by atoms with E-state index in [4.69, 9.17) is 11.6 Å². The predicted octanol–water partition coefficient (Wildman–Crippen LogP) is 5.71. The first-order chi connectivity index (χ1) is 15.4. The maximum Gasteiger partial charge on any atom is 0.255 e. The van der Waals surface area contributed by atoms with Gasteiger partial charge in [0, 0.05) is 28.8 Å². The van der Waals surface area contributed by atoms with Crippen molar-refractivity contribution in [3.8, 4) is 16.8 Å². The summed E-state index contributed by atoms with van der Waals surface area (Å²) in [6, 6.07) is 23.7. The molecule has 0 aliphatic heterocycles. The van der Waals surface area contributed by atoms with E-state index in [-0.39, 0.29) is 11.8 Å². The smallest absolute Gasteiger partial charge is 0.255 e. The molecule has 1 aromatic heterocycles. The monoisotopic (exact) mass is 444 g/mol. The van der Waals surface area contributed by atoms with Gasteiger partial charge in [-0.3, -0.25) is 9.59 Å². The van der Waals surface area contributed by atoms with Gasteiger partial charge in [0.2, 0.25) is 5.91 Å². The number of benzene rings is 3. The molecule has 0 aliphatic carbocycles. The lowest BCUT2D eigenvalue weighted by atomic mass is 10.1. The third kappa shape index (κ3) is 4.55. The second-order valence-electron chi connectivity index (χ2n) is 7.28. The first-order valence-electron chi connectivity index (χ1n) is 10.0. The van der Waals surface area contributed by atoms with Crippen LogP contribution in [0.25, 0.3) is 16.8 Å². The number of hydrogen-bond donors (Lipinski definition) is 2. The number of rotatable bonds is 5. The number of nitrogens with one attached hydrogen (secondary N) is 2. The number of hydrogen-bond acceptors (Lipinski definition) is 3. The van der Waals surface area contributed by atoms with Gasteiger partial charge < -0.3 is 10.6 Å². The molecule has 2 N–H and O–H groups in total. The first-order valence-corrected chi connectivity index (χ1v) is 10.4. The summed E-state index contributed by atoms with van der Waals surface area (Å²) in [5, 5.41) is 11.0. The number of aromatic nitrogens is 2. The zero-order valence-electron chi connectivity index (χ0n) is 17.6. The Hall–Kier alpha value is -3.90. The molecule has 4 aromatic rings. The van der Waals surface area contributed by atoms with Crippen LogP contribution in [0.2, 0.25) is 5.02 Å². The van der Waals surface area contributed by atoms with Crippen molar-refractivity contribution in [2.45, 2.75) is 13.8 Å². The van der Waals surface area contributed by atoms with Gasteiger partial charge >= 0.3 is 0 Å². The zero-order chi connectivity index (χ0) is 22.7. The van der Waals surface area contributed by atoms with Crippen LogP contribution in [0, 0.1) is 6.92 Å². The van der Waals surface area contributed by atoms with Crippen LogP contribution >= 0.6 is 11.6 Å². The van der Waals surface area contributed by atoms with Gasteiger partial charge in [-0.05, 0) is 61.0 Å². The Balaban J connectivity index is 1.66. The van der Waals surface area contributed by atoms with Gasteiger partial charge in [-0.25, -0.2) is 4.68 Å². The van der Waals surface area contributed by atoms with Gasteiger partial charge in [0.25, 0.3) is 5.91 Å². The Labute approximate surface area is 190 Å². The van der Waals surface area contributed by atoms with Crippen LogP contribution < -0.4 is 10.6 Å². The lowest BCUT2D eigenvalue weighted by Crippen LogP contribution is -2.13. The number of halogens is 1. The van der Waals surface area contributed by atoms with Crippen LogP contribution in [-0.2, 0) is 4.79 Å². The van der Waals surface area contributed by atoms with E-state index in [1.165, 1.54) is 6.92 Å². The molecule has 0 saturated carbocycles. The van der Waals surface area contributed by atoms with Crippen LogP contribution in [0.3, 0.4) is 0 Å². The molecule has 6 nitrogen and oxygen atoms in total. The Morgan fingerprint density at radius 3 is 2.16 bits per heavy atom. The Bertz CT molecular complexity index is 1260. The maximum absolute atomic E-state index is 12.6. The second kappa shape index (κ2) is 9.08. The fraction of sp³-hybridized carbons (Fsp3) is 0.0800. The van der Waals surface area contributed by atoms with Gasteiger partial charge in [0.15, 0.2) is 0 Å². The van der Waals surface area contributed by atoms with Gasteiger partial charge in [-0.15, -0.1) is 0 Å². The fourth-order valence-electron chi connectivity index (χ4n) is 3.44. The quantitative estimate of drug-likeness (QED) is 0.413. The topological polar surface area (TPSA) is 76.0 Å². The average molecular weight is 445 g/mol. The molecular weight excluding hydrogens is 424 g/mol. The van der Waals surface area contributed by atoms with Crippen molar-refractivity contribution in [2.75, 3.05) is 10.6 Å². The molecule has 160 valence electrons. The van der Waals surface area contributed by atoms with E-state index in [0.717, 1.165) is 22.5 Å². The zero-order valence-corrected chi connectivity index (χ0v) is 18.4. The van der Waals surface area contributed by atoms with Crippen LogP contribution in [0.15, 0.2) is 78.9 Å². The number of aryl methyl sites for hydroxylation is 1. The minimum absolute atomic E-state index is 0.192. The van der Waals surface area contributed by atoms with Gasteiger partial charge in [-0.1, -0.05) is 41.9 Å². The molecule has 0 atom stereocenters. The molecule has 2 amide bonds. The van der Waals surface area contributed by atoms with Crippen molar-refractivity contribution in [1.82, 2.24) is 9.78 Å². The van der Waals surface area contributed by atoms with Crippen LogP contribution in [0.4, 0.5) is 11.5 Å². The van der Waals surface area contributed by atoms with Gasteiger partial charge in [-0.2, -0.15) is 5.10 Å². The number of anilines is 2. The Morgan fingerprint density at radius 2 is 1.53 bits per heavy atom. The highest BCUT2D eigenvalue weighted by Crippen LogP contribution is 2.33. The van der Waals surface area contributed by atoms with Crippen LogP contribution in [-0.4, -0.2) is 21.6 Å². The van der Waals surface area contributed by atoms with E-state index in [0.29, 0.717) is 22.1 Å². The minimum atomic E-state index is -0.234. The normalized spacial score (nSPS) is 10.6. The summed E-state index contributed by atoms with van der Waals surface area (Å²) in [5.41, 5.74) is 4.47. The molecule has 32 heavy (non-hydrogen) atoms. The number of amides is 2. The molecule has 0 saturated heterocycles. The molecule has 0 spiro atoms. The van der Waals surface area contributed by atoms with E-state index in [1.54, 1.807) is 53.2 Å². The highest BCUT2D eigenvalue weighted by atomic mass is 35.5. The molecule has 4 rings (SSSR count). The summed E-state index contributed by atoms with van der Waals surface area (Å²) in [7, 11) is 0. The van der Waals surface area contributed by atoms with Crippen LogP contribution in [0.1, 0.15) is 23.0 Å². The molecule has 0 aliphatic rings. The highest BCUT2D eigenvalue weighted by molar-refractivity contribution is 6.30. The van der Waals surface area contributed by atoms with E-state index >= 15 is 0 Å². The fourth-order valence-corrected chi connectivity index (χ4v) is 3.56. The lowest BCUT2D eigenvalue weighted by molar-refractivity contribution is -0.114. The van der Waals surface area contributed by atoms with Crippen molar-refractivity contribution >= 4 is 34.9 Å². The average Bonchev–Trinajstić information content (AvgIpc) is 3.11. The van der Waals surface area contributed by atoms with E-state index in [2.05, 4.69) is 15.7 Å². The van der Waals surface area contributed by atoms with Crippen molar-refractivity contribution < 1.29 is 9.59 Å². The largest absolute Gasteiger partial charge is 0.322 e. The van der Waals surface area contributed by atoms with E-state index in [1.807, 2.05) is 37.3 Å². The third-order valence-corrected chi connectivity index (χ3v) is 5.15. The molecule has 3 aromatic carbocycles. The molecule has 0 radical (unpaired) electrons. The molecule has 7 heteroatoms. The number of nitrogens with zero attached hydrogens (tertiary/aromatic N) is 2. The summed E-state index contributed by atoms with van der Waals surface area (Å²) in [4.78, 5) is 24.5. The molecule has 1 heterocycles. The van der Waals surface area contributed by atoms with Crippen molar-refractivity contribution in [3.63, 3.8) is 0 Å². The Kier molecular flexibility index (Phi) is 6.05. The summed E-state index contributed by atoms with van der Waals surface area (Å²) < 4.78 is 1.68. The Morgan fingerprint density at radius 1 is 0.875 bits per heavy atom. The van der Waals surface area contributed by atoms with E-state index < -0.39 is 0 Å². The molecule has 0 fully saturated rings. The van der Waals surface area contributed by atoms with Crippen molar-refractivity contribution in [2.24, 2.45) is 0 Å². The summed E-state index contributed by atoms with van der Waals surface area (Å²) >= 11 is 5.89. The predicted molar refractivity (Wildman–Crippen MR) is 127 cm³/mol. The maximum atomic E-state index is 12.6. The highest BCUT2D eigenvalue weighted by Gasteiger charge is 2.19. The summed E-state index contributed by atoms with van der Waals surface area (Å²) in [6.07, 6.45) is 0. The summed E-state index contributed by atoms with van der Waals surface area (Å²) in [6.45, 7) is 3.36. The van der Waals surface area contributed by atoms with E-state index in [9.17, 15) is 9.59 Å². The van der Waals surface area contributed by atoms with Crippen LogP contribution in [0.5, 0.6) is 0 Å². The molecular formula is C25H21ClN4O2. The lowest BCUT2D eigenvalue weighted by Gasteiger charge is -2.11. The summed E-state index contributed by atoms with van der Waals surface area (Å²) in [5.74, 6) is 0.157. The SMILES string of the molecule is CC(=O)Nc1c(-c2ccccc2)c(C)nn1-c1ccc(C(=O)Nc2ccc(Cl)cc2)cc1. The second-order valence-corrected chi connectivity index (χ2v) is 7.71. The van der Waals surface area contributed by atoms with Crippen molar-refractivity contribution in [3.05, 3.63) is 95.1 Å². The standard InChI is InChI=1S/C25H21ClN4O2/c1-16-23(18-6-4-3-5-7-18)24(27-17(2)31)30(29-16)22-14-8-19(9-15-22)25(32)28-21-12-10-20(26)11-13-21/h3-15H,1-2H3,(H,27,31)(H,28,32).